The molecule has 0 bridgehead atoms. The molecule has 0 aliphatic carbocycles. The quantitative estimate of drug-likeness (QED) is 0.222. The molecule has 204 valence electrons. The topological polar surface area (TPSA) is 108 Å². The van der Waals surface area contributed by atoms with Gasteiger partial charge in [-0.1, -0.05) is 68.3 Å². The first-order valence-corrected chi connectivity index (χ1v) is 14.0. The number of carbonyl (C=O) groups excluding carboxylic acids is 1. The van der Waals surface area contributed by atoms with Gasteiger partial charge in [-0.25, -0.2) is 9.48 Å². The Morgan fingerprint density at radius 1 is 1.03 bits per heavy atom. The minimum Gasteiger partial charge on any atom is -0.464 e. The van der Waals surface area contributed by atoms with Gasteiger partial charge in [0.15, 0.2) is 0 Å². The van der Waals surface area contributed by atoms with Gasteiger partial charge in [0.05, 0.1) is 12.6 Å². The van der Waals surface area contributed by atoms with Gasteiger partial charge in [0.2, 0.25) is 5.82 Å². The van der Waals surface area contributed by atoms with Crippen molar-refractivity contribution in [2.75, 3.05) is 6.61 Å². The number of unbranched alkanes of at least 4 members (excludes halogenated alkanes) is 2. The number of rotatable bonds is 10. The highest BCUT2D eigenvalue weighted by Gasteiger charge is 2.35. The molecular formula is C30H36N6O3. The van der Waals surface area contributed by atoms with Crippen molar-refractivity contribution >= 4 is 5.97 Å². The average Bonchev–Trinajstić information content (AvgIpc) is 3.58. The van der Waals surface area contributed by atoms with E-state index in [1.165, 1.54) is 0 Å². The van der Waals surface area contributed by atoms with Gasteiger partial charge in [0, 0.05) is 23.2 Å². The van der Waals surface area contributed by atoms with E-state index >= 15 is 0 Å². The molecule has 0 fully saturated rings. The van der Waals surface area contributed by atoms with Crippen LogP contribution in [0.25, 0.3) is 22.5 Å². The Hall–Kier alpha value is -4.01. The third kappa shape index (κ3) is 5.30. The second-order valence-corrected chi connectivity index (χ2v) is 10.2. The van der Waals surface area contributed by atoms with E-state index in [9.17, 15) is 9.59 Å². The number of H-pyrrole nitrogens is 1. The van der Waals surface area contributed by atoms with E-state index in [2.05, 4.69) is 58.7 Å². The highest BCUT2D eigenvalue weighted by molar-refractivity contribution is 5.80. The summed E-state index contributed by atoms with van der Waals surface area (Å²) in [7, 11) is 0. The first kappa shape index (κ1) is 26.6. The molecule has 9 heteroatoms. The molecule has 0 spiro atoms. The number of aromatic nitrogens is 6. The van der Waals surface area contributed by atoms with Crippen molar-refractivity contribution in [3.63, 3.8) is 0 Å². The molecule has 39 heavy (non-hydrogen) atoms. The van der Waals surface area contributed by atoms with Crippen LogP contribution in [0.1, 0.15) is 81.8 Å². The van der Waals surface area contributed by atoms with Crippen LogP contribution in [-0.4, -0.2) is 42.6 Å². The van der Waals surface area contributed by atoms with Gasteiger partial charge >= 0.3 is 5.97 Å². The smallest absolute Gasteiger partial charge is 0.330 e. The Bertz CT molecular complexity index is 1470. The van der Waals surface area contributed by atoms with Crippen molar-refractivity contribution < 1.29 is 9.53 Å². The van der Waals surface area contributed by atoms with E-state index in [0.717, 1.165) is 65.6 Å². The average molecular weight is 529 g/mol. The van der Waals surface area contributed by atoms with Crippen LogP contribution in [-0.2, 0) is 22.4 Å². The zero-order valence-electron chi connectivity index (χ0n) is 22.9. The Morgan fingerprint density at radius 2 is 1.79 bits per heavy atom. The van der Waals surface area contributed by atoms with Gasteiger partial charge in [-0.2, -0.15) is 5.21 Å². The number of aromatic amines is 1. The molecule has 5 rings (SSSR count). The van der Waals surface area contributed by atoms with Crippen LogP contribution < -0.4 is 5.56 Å². The second-order valence-electron chi connectivity index (χ2n) is 10.2. The van der Waals surface area contributed by atoms with Crippen molar-refractivity contribution in [3.05, 3.63) is 75.7 Å². The van der Waals surface area contributed by atoms with Gasteiger partial charge in [0.1, 0.15) is 6.04 Å². The molecular weight excluding hydrogens is 492 g/mol. The van der Waals surface area contributed by atoms with Crippen LogP contribution in [0.5, 0.6) is 0 Å². The Kier molecular flexibility index (Phi) is 8.05. The van der Waals surface area contributed by atoms with E-state index in [1.54, 1.807) is 0 Å². The zero-order chi connectivity index (χ0) is 27.4. The van der Waals surface area contributed by atoms with Gasteiger partial charge in [-0.05, 0) is 61.4 Å². The maximum Gasteiger partial charge on any atom is 0.330 e. The fourth-order valence-corrected chi connectivity index (χ4v) is 5.68. The molecule has 2 aromatic carbocycles. The highest BCUT2D eigenvalue weighted by atomic mass is 16.5. The monoisotopic (exact) mass is 528 g/mol. The van der Waals surface area contributed by atoms with Crippen molar-refractivity contribution in [3.8, 4) is 22.5 Å². The zero-order valence-corrected chi connectivity index (χ0v) is 22.9. The summed E-state index contributed by atoms with van der Waals surface area (Å²) in [6.45, 7) is 6.39. The number of hydrogen-bond acceptors (Lipinski definition) is 6. The molecule has 0 saturated heterocycles. The summed E-state index contributed by atoms with van der Waals surface area (Å²) >= 11 is 0. The molecule has 1 N–H and O–H groups in total. The predicted molar refractivity (Wildman–Crippen MR) is 149 cm³/mol. The van der Waals surface area contributed by atoms with Crippen molar-refractivity contribution in [2.45, 2.75) is 77.8 Å². The number of esters is 1. The number of fused-ring (bicyclic) bond motifs is 1. The molecule has 2 aromatic heterocycles. The second kappa shape index (κ2) is 11.8. The molecule has 2 unspecified atom stereocenters. The number of nitrogens with zero attached hydrogens (tertiary/aromatic N) is 5. The van der Waals surface area contributed by atoms with Gasteiger partial charge in [-0.3, -0.25) is 9.48 Å². The lowest BCUT2D eigenvalue weighted by atomic mass is 9.96. The Morgan fingerprint density at radius 3 is 2.49 bits per heavy atom. The number of ether oxygens (including phenoxy) is 1. The summed E-state index contributed by atoms with van der Waals surface area (Å²) in [6.07, 6.45) is 5.88. The summed E-state index contributed by atoms with van der Waals surface area (Å²) in [5.74, 6) is 0.296. The third-order valence-electron chi connectivity index (χ3n) is 7.63. The minimum absolute atomic E-state index is 0.00882. The van der Waals surface area contributed by atoms with Gasteiger partial charge < -0.3 is 4.74 Å². The summed E-state index contributed by atoms with van der Waals surface area (Å²) in [5, 5.41) is 14.5. The van der Waals surface area contributed by atoms with E-state index in [1.807, 2.05) is 40.6 Å². The van der Waals surface area contributed by atoms with Crippen LogP contribution in [0.3, 0.4) is 0 Å². The van der Waals surface area contributed by atoms with Crippen LogP contribution in [0, 0.1) is 0 Å². The summed E-state index contributed by atoms with van der Waals surface area (Å²) in [6, 6.07) is 15.8. The van der Waals surface area contributed by atoms with Crippen LogP contribution in [0.15, 0.2) is 53.3 Å². The standard InChI is InChI=1S/C30H36N6O3/c1-4-6-7-12-26-25(29(37)35-20(3)13-18-27(36(26)35)30(38)39-5-2)19-21-14-16-22(17-15-21)23-10-8-9-11-24(23)28-31-33-34-32-28/h8-11,14-17,20,27H,4-7,12-13,18-19H2,1-3H3,(H,31,32,33,34). The lowest BCUT2D eigenvalue weighted by Gasteiger charge is -2.31. The van der Waals surface area contributed by atoms with Crippen LogP contribution in [0.4, 0.5) is 0 Å². The van der Waals surface area contributed by atoms with Crippen LogP contribution >= 0.6 is 0 Å². The van der Waals surface area contributed by atoms with E-state index < -0.39 is 6.04 Å². The fourth-order valence-electron chi connectivity index (χ4n) is 5.68. The first-order valence-electron chi connectivity index (χ1n) is 14.0. The van der Waals surface area contributed by atoms with Gasteiger partial charge in [-0.15, -0.1) is 10.2 Å². The van der Waals surface area contributed by atoms with Crippen molar-refractivity contribution in [1.82, 2.24) is 30.0 Å². The Labute approximate surface area is 228 Å². The minimum atomic E-state index is -0.455. The number of nitrogens with one attached hydrogen (secondary N) is 1. The number of benzene rings is 2. The van der Waals surface area contributed by atoms with E-state index in [0.29, 0.717) is 25.3 Å². The molecule has 0 amide bonds. The Balaban J connectivity index is 1.50. The lowest BCUT2D eigenvalue weighted by Crippen LogP contribution is -2.37. The van der Waals surface area contributed by atoms with E-state index in [-0.39, 0.29) is 17.6 Å². The number of hydrogen-bond donors (Lipinski definition) is 1. The molecule has 0 saturated carbocycles. The fraction of sp³-hybridized carbons (Fsp3) is 0.433. The lowest BCUT2D eigenvalue weighted by molar-refractivity contribution is -0.149. The van der Waals surface area contributed by atoms with Crippen molar-refractivity contribution in [2.24, 2.45) is 0 Å². The van der Waals surface area contributed by atoms with E-state index in [4.69, 9.17) is 4.74 Å². The molecule has 1 aliphatic rings. The molecule has 3 heterocycles. The molecule has 0 radical (unpaired) electrons. The van der Waals surface area contributed by atoms with Crippen molar-refractivity contribution in [1.29, 1.82) is 0 Å². The number of tetrazole rings is 1. The maximum absolute atomic E-state index is 13.8. The third-order valence-corrected chi connectivity index (χ3v) is 7.63. The SMILES string of the molecule is CCCCCc1c(Cc2ccc(-c3ccccc3-c3nn[nH]n3)cc2)c(=O)n2n1C(C(=O)OCC)CCC2C. The number of carbonyl (C=O) groups is 1. The molecule has 4 aromatic rings. The largest absolute Gasteiger partial charge is 0.464 e. The summed E-state index contributed by atoms with van der Waals surface area (Å²) < 4.78 is 9.22. The molecule has 2 atom stereocenters. The highest BCUT2D eigenvalue weighted by Crippen LogP contribution is 2.33. The maximum atomic E-state index is 13.8. The molecule has 1 aliphatic heterocycles. The summed E-state index contributed by atoms with van der Waals surface area (Å²) in [5.41, 5.74) is 5.76. The van der Waals surface area contributed by atoms with Gasteiger partial charge in [0.25, 0.3) is 5.56 Å². The first-order chi connectivity index (χ1) is 19.0. The molecule has 9 nitrogen and oxygen atoms in total. The predicted octanol–water partition coefficient (Wildman–Crippen LogP) is 5.28. The normalized spacial score (nSPS) is 16.7. The summed E-state index contributed by atoms with van der Waals surface area (Å²) in [4.78, 5) is 26.8. The van der Waals surface area contributed by atoms with Crippen LogP contribution in [0.2, 0.25) is 0 Å².